The number of fused-ring (bicyclic) bond motifs is 2. The minimum atomic E-state index is -2.61. The van der Waals surface area contributed by atoms with Crippen LogP contribution in [-0.2, 0) is 28.7 Å². The van der Waals surface area contributed by atoms with Gasteiger partial charge in [0.2, 0.25) is 0 Å². The highest BCUT2D eigenvalue weighted by atomic mass is 16.5. The number of aliphatic carboxylic acids is 2. The van der Waals surface area contributed by atoms with Gasteiger partial charge in [0, 0.05) is 12.3 Å². The van der Waals surface area contributed by atoms with Gasteiger partial charge in [0.1, 0.15) is 6.10 Å². The molecule has 214 valence electrons. The van der Waals surface area contributed by atoms with Gasteiger partial charge in [-0.05, 0) is 49.0 Å². The quantitative estimate of drug-likeness (QED) is 0.241. The van der Waals surface area contributed by atoms with Crippen LogP contribution in [0.5, 0.6) is 0 Å². The van der Waals surface area contributed by atoms with E-state index in [2.05, 4.69) is 45.4 Å². The second kappa shape index (κ2) is 15.1. The molecule has 0 aliphatic heterocycles. The lowest BCUT2D eigenvalue weighted by atomic mass is 9.70. The predicted octanol–water partition coefficient (Wildman–Crippen LogP) is 3.72. The molecule has 0 amide bonds. The maximum atomic E-state index is 11.0. The summed E-state index contributed by atoms with van der Waals surface area (Å²) >= 11 is 0. The molecule has 0 aromatic heterocycles. The van der Waals surface area contributed by atoms with Crippen molar-refractivity contribution in [2.24, 2.45) is 16.7 Å². The predicted molar refractivity (Wildman–Crippen MR) is 137 cm³/mol. The molecule has 4 N–H and O–H groups in total. The monoisotopic (exact) mass is 530 g/mol. The van der Waals surface area contributed by atoms with Gasteiger partial charge in [-0.25, -0.2) is 4.79 Å². The summed E-state index contributed by atoms with van der Waals surface area (Å²) in [7, 11) is 1.01. The van der Waals surface area contributed by atoms with Crippen LogP contribution < -0.4 is 0 Å². The summed E-state index contributed by atoms with van der Waals surface area (Å²) in [5.74, 6) is -3.66. The standard InChI is InChI=1S/C12H20O2.C8H16O.C7H10O7/c1-8(13)14-10-7-9-5-6-12(10,4)11(9,2)3;1-3-5-6-8(4-2)7-9;1-14-5(10)3-7(13,6(11)12)2-4(8)9/h9-10H,5-7H2,1-4H3;6,9H,3-5,7H2,1-2H3;13H,2-3H2,1H3,(H,8,9)(H,11,12)/b;8-6+;/t9-,10+,12+;;/m0../s1. The molecule has 37 heavy (non-hydrogen) atoms. The fraction of sp³-hybridized carbons (Fsp3) is 0.778. The number of carbonyl (C=O) groups is 4. The molecule has 2 aliphatic carbocycles. The number of hydrogen-bond acceptors (Lipinski definition) is 8. The third-order valence-corrected chi connectivity index (χ3v) is 7.91. The van der Waals surface area contributed by atoms with Crippen LogP contribution in [0.25, 0.3) is 0 Å². The maximum absolute atomic E-state index is 11.0. The van der Waals surface area contributed by atoms with Crippen molar-refractivity contribution in [2.75, 3.05) is 13.7 Å². The van der Waals surface area contributed by atoms with E-state index in [1.165, 1.54) is 26.2 Å². The molecule has 2 rings (SSSR count). The first-order chi connectivity index (χ1) is 17.0. The number of esters is 2. The number of carboxylic acids is 2. The normalized spacial score (nSPS) is 24.9. The van der Waals surface area contributed by atoms with E-state index >= 15 is 0 Å². The van der Waals surface area contributed by atoms with Crippen LogP contribution in [0.4, 0.5) is 0 Å². The number of hydrogen-bond donors (Lipinski definition) is 4. The van der Waals surface area contributed by atoms with E-state index in [1.54, 1.807) is 0 Å². The maximum Gasteiger partial charge on any atom is 0.336 e. The van der Waals surface area contributed by atoms with Gasteiger partial charge in [0.05, 0.1) is 26.6 Å². The Hall–Kier alpha value is -2.46. The second-order valence-electron chi connectivity index (χ2n) is 10.5. The number of methoxy groups -OCH3 is 1. The van der Waals surface area contributed by atoms with E-state index in [9.17, 15) is 24.3 Å². The molecule has 10 nitrogen and oxygen atoms in total. The van der Waals surface area contributed by atoms with Gasteiger partial charge in [-0.15, -0.1) is 0 Å². The Kier molecular flexibility index (Phi) is 14.1. The average molecular weight is 531 g/mol. The van der Waals surface area contributed by atoms with Crippen LogP contribution in [-0.4, -0.2) is 69.7 Å². The molecule has 0 heterocycles. The van der Waals surface area contributed by atoms with E-state index in [0.29, 0.717) is 5.41 Å². The lowest BCUT2D eigenvalue weighted by Gasteiger charge is -2.38. The highest BCUT2D eigenvalue weighted by Crippen LogP contribution is 2.66. The number of rotatable bonds is 10. The fourth-order valence-electron chi connectivity index (χ4n) is 4.95. The molecule has 10 heteroatoms. The number of carbonyl (C=O) groups excluding carboxylic acids is 2. The van der Waals surface area contributed by atoms with E-state index in [-0.39, 0.29) is 24.1 Å². The average Bonchev–Trinajstić information content (AvgIpc) is 3.13. The Morgan fingerprint density at radius 3 is 2.00 bits per heavy atom. The van der Waals surface area contributed by atoms with Crippen molar-refractivity contribution in [2.45, 2.75) is 105 Å². The van der Waals surface area contributed by atoms with Crippen LogP contribution in [0.15, 0.2) is 11.6 Å². The van der Waals surface area contributed by atoms with Crippen molar-refractivity contribution in [3.63, 3.8) is 0 Å². The van der Waals surface area contributed by atoms with Crippen LogP contribution in [0.2, 0.25) is 0 Å². The molecule has 0 aromatic carbocycles. The smallest absolute Gasteiger partial charge is 0.336 e. The van der Waals surface area contributed by atoms with E-state index < -0.39 is 36.4 Å². The Morgan fingerprint density at radius 1 is 1.08 bits per heavy atom. The molecule has 1 unspecified atom stereocenters. The zero-order valence-electron chi connectivity index (χ0n) is 23.3. The van der Waals surface area contributed by atoms with Crippen molar-refractivity contribution in [1.82, 2.24) is 0 Å². The Balaban J connectivity index is 0.000000541. The number of carboxylic acid groups (broad SMARTS) is 2. The van der Waals surface area contributed by atoms with Gasteiger partial charge in [0.25, 0.3) is 0 Å². The van der Waals surface area contributed by atoms with Crippen LogP contribution >= 0.6 is 0 Å². The third-order valence-electron chi connectivity index (χ3n) is 7.91. The first-order valence-corrected chi connectivity index (χ1v) is 12.7. The summed E-state index contributed by atoms with van der Waals surface area (Å²) in [6, 6.07) is 0. The molecule has 4 atom stereocenters. The second-order valence-corrected chi connectivity index (χ2v) is 10.5. The van der Waals surface area contributed by atoms with Crippen LogP contribution in [0.1, 0.15) is 92.9 Å². The summed E-state index contributed by atoms with van der Waals surface area (Å²) in [6.07, 6.45) is 7.17. The summed E-state index contributed by atoms with van der Waals surface area (Å²) in [4.78, 5) is 42.4. The van der Waals surface area contributed by atoms with Crippen LogP contribution in [0.3, 0.4) is 0 Å². The molecule has 2 saturated carbocycles. The summed E-state index contributed by atoms with van der Waals surface area (Å²) in [6.45, 7) is 12.9. The largest absolute Gasteiger partial charge is 0.481 e. The fourth-order valence-corrected chi connectivity index (χ4v) is 4.95. The molecule has 0 aromatic rings. The van der Waals surface area contributed by atoms with E-state index in [4.69, 9.17) is 20.1 Å². The van der Waals surface area contributed by atoms with E-state index in [0.717, 1.165) is 37.9 Å². The number of unbranched alkanes of at least 4 members (excludes halogenated alkanes) is 1. The number of aliphatic hydroxyl groups excluding tert-OH is 1. The Morgan fingerprint density at radius 2 is 1.68 bits per heavy atom. The van der Waals surface area contributed by atoms with Gasteiger partial charge in [-0.1, -0.05) is 47.1 Å². The van der Waals surface area contributed by atoms with Gasteiger partial charge in [-0.2, -0.15) is 0 Å². The van der Waals surface area contributed by atoms with Gasteiger partial charge < -0.3 is 29.9 Å². The minimum Gasteiger partial charge on any atom is -0.481 e. The molecule has 0 spiro atoms. The number of aliphatic hydroxyl groups is 2. The summed E-state index contributed by atoms with van der Waals surface area (Å²) in [5.41, 5.74) is -0.896. The van der Waals surface area contributed by atoms with Crippen LogP contribution in [0, 0.1) is 16.7 Å². The Labute approximate surface area is 220 Å². The topological polar surface area (TPSA) is 168 Å². The molecule has 0 saturated heterocycles. The van der Waals surface area contributed by atoms with Crippen molar-refractivity contribution in [3.8, 4) is 0 Å². The lowest BCUT2D eigenvalue weighted by Crippen LogP contribution is -2.42. The number of ether oxygens (including phenoxy) is 2. The van der Waals surface area contributed by atoms with Gasteiger partial charge in [-0.3, -0.25) is 14.4 Å². The third kappa shape index (κ3) is 9.74. The van der Waals surface area contributed by atoms with Crippen molar-refractivity contribution < 1.29 is 49.1 Å². The summed E-state index contributed by atoms with van der Waals surface area (Å²) < 4.78 is 9.57. The molecular formula is C27H46O10. The summed E-state index contributed by atoms with van der Waals surface area (Å²) in [5, 5.41) is 34.8. The van der Waals surface area contributed by atoms with Crippen molar-refractivity contribution in [3.05, 3.63) is 11.6 Å². The zero-order chi connectivity index (χ0) is 29.0. The van der Waals surface area contributed by atoms with Crippen molar-refractivity contribution >= 4 is 23.9 Å². The Bertz CT molecular complexity index is 812. The molecule has 2 fully saturated rings. The highest BCUT2D eigenvalue weighted by molar-refractivity contribution is 5.88. The van der Waals surface area contributed by atoms with Gasteiger partial charge >= 0.3 is 23.9 Å². The van der Waals surface area contributed by atoms with Crippen molar-refractivity contribution in [1.29, 1.82) is 0 Å². The first-order valence-electron chi connectivity index (χ1n) is 12.7. The highest BCUT2D eigenvalue weighted by Gasteiger charge is 2.62. The minimum absolute atomic E-state index is 0.125. The molecule has 2 aliphatic rings. The molecular weight excluding hydrogens is 484 g/mol. The SMILES string of the molecule is CC(=O)O[C@@H]1C[C@@H]2CC[C@@]1(C)C2(C)C.CCC/C=C(\CC)CO.COC(=O)CC(O)(CC(=O)O)C(=O)O. The van der Waals surface area contributed by atoms with Gasteiger partial charge in [0.15, 0.2) is 5.60 Å². The zero-order valence-corrected chi connectivity index (χ0v) is 23.3. The lowest BCUT2D eigenvalue weighted by molar-refractivity contribution is -0.171. The first kappa shape index (κ1) is 34.5. The van der Waals surface area contributed by atoms with E-state index in [1.807, 2.05) is 0 Å². The molecule has 0 radical (unpaired) electrons. The molecule has 2 bridgehead atoms. The number of allylic oxidation sites excluding steroid dienone is 1.